The SMILES string of the molecule is OC(Nc1ccc(-c2ccccc2)cc1)Nc1cc(F)c(F)cc1Cl. The summed E-state index contributed by atoms with van der Waals surface area (Å²) in [6, 6.07) is 19.0. The fourth-order valence-corrected chi connectivity index (χ4v) is 2.57. The maximum Gasteiger partial charge on any atom is 0.202 e. The number of hydrogen-bond acceptors (Lipinski definition) is 3. The second-order valence-corrected chi connectivity index (χ2v) is 5.79. The largest absolute Gasteiger partial charge is 0.357 e. The fraction of sp³-hybridized carbons (Fsp3) is 0.0526. The van der Waals surface area contributed by atoms with Crippen LogP contribution in [0.4, 0.5) is 20.2 Å². The van der Waals surface area contributed by atoms with Gasteiger partial charge in [0.05, 0.1) is 10.7 Å². The molecule has 0 radical (unpaired) electrons. The molecule has 3 aromatic carbocycles. The van der Waals surface area contributed by atoms with Gasteiger partial charge < -0.3 is 15.7 Å². The number of benzene rings is 3. The van der Waals surface area contributed by atoms with Crippen molar-refractivity contribution in [2.24, 2.45) is 0 Å². The summed E-state index contributed by atoms with van der Waals surface area (Å²) in [5, 5.41) is 15.4. The molecule has 0 amide bonds. The topological polar surface area (TPSA) is 44.3 Å². The number of hydrogen-bond donors (Lipinski definition) is 3. The van der Waals surface area contributed by atoms with Crippen molar-refractivity contribution in [3.63, 3.8) is 0 Å². The van der Waals surface area contributed by atoms with Crippen LogP contribution >= 0.6 is 11.6 Å². The zero-order valence-electron chi connectivity index (χ0n) is 13.0. The lowest BCUT2D eigenvalue weighted by molar-refractivity contribution is 0.233. The number of halogens is 3. The van der Waals surface area contributed by atoms with E-state index in [4.69, 9.17) is 11.6 Å². The predicted octanol–water partition coefficient (Wildman–Crippen LogP) is 5.09. The Bertz CT molecular complexity index is 857. The van der Waals surface area contributed by atoms with Crippen LogP contribution in [0.15, 0.2) is 66.7 Å². The summed E-state index contributed by atoms with van der Waals surface area (Å²) in [4.78, 5) is 0. The first kappa shape index (κ1) is 17.2. The summed E-state index contributed by atoms with van der Waals surface area (Å²) in [7, 11) is 0. The number of nitrogens with one attached hydrogen (secondary N) is 2. The third-order valence-corrected chi connectivity index (χ3v) is 3.91. The Morgan fingerprint density at radius 3 is 2.08 bits per heavy atom. The van der Waals surface area contributed by atoms with Crippen molar-refractivity contribution < 1.29 is 13.9 Å². The third-order valence-electron chi connectivity index (χ3n) is 3.60. The second-order valence-electron chi connectivity index (χ2n) is 5.38. The minimum absolute atomic E-state index is 0.0285. The molecule has 0 aliphatic rings. The van der Waals surface area contributed by atoms with Crippen molar-refractivity contribution >= 4 is 23.0 Å². The number of aliphatic hydroxyl groups is 1. The first-order valence-electron chi connectivity index (χ1n) is 7.54. The first-order valence-corrected chi connectivity index (χ1v) is 7.92. The smallest absolute Gasteiger partial charge is 0.202 e. The molecule has 1 atom stereocenters. The summed E-state index contributed by atoms with van der Waals surface area (Å²) in [5.41, 5.74) is 2.86. The standard InChI is InChI=1S/C19H15ClF2N2O/c20-15-10-16(21)17(22)11-18(15)24-19(25)23-14-8-6-13(7-9-14)12-4-2-1-3-5-12/h1-11,19,23-25H. The van der Waals surface area contributed by atoms with Crippen LogP contribution in [-0.4, -0.2) is 11.5 Å². The van der Waals surface area contributed by atoms with E-state index in [1.807, 2.05) is 42.5 Å². The Labute approximate surface area is 148 Å². The number of aliphatic hydroxyl groups excluding tert-OH is 1. The monoisotopic (exact) mass is 360 g/mol. The van der Waals surface area contributed by atoms with Crippen molar-refractivity contribution in [2.75, 3.05) is 10.6 Å². The Morgan fingerprint density at radius 2 is 1.40 bits per heavy atom. The highest BCUT2D eigenvalue weighted by Gasteiger charge is 2.11. The second kappa shape index (κ2) is 7.51. The Balaban J connectivity index is 1.67. The maximum absolute atomic E-state index is 13.3. The van der Waals surface area contributed by atoms with Crippen LogP contribution in [0.2, 0.25) is 5.02 Å². The average molecular weight is 361 g/mol. The van der Waals surface area contributed by atoms with Gasteiger partial charge >= 0.3 is 0 Å². The van der Waals surface area contributed by atoms with Gasteiger partial charge in [0.2, 0.25) is 6.35 Å². The van der Waals surface area contributed by atoms with Gasteiger partial charge in [0.15, 0.2) is 11.6 Å². The molecule has 0 aliphatic heterocycles. The molecule has 128 valence electrons. The van der Waals surface area contributed by atoms with Crippen molar-refractivity contribution in [1.82, 2.24) is 0 Å². The van der Waals surface area contributed by atoms with Gasteiger partial charge in [-0.3, -0.25) is 0 Å². The first-order chi connectivity index (χ1) is 12.0. The van der Waals surface area contributed by atoms with E-state index < -0.39 is 18.0 Å². The maximum atomic E-state index is 13.3. The van der Waals surface area contributed by atoms with Gasteiger partial charge in [-0.05, 0) is 29.3 Å². The molecule has 0 spiro atoms. The fourth-order valence-electron chi connectivity index (χ4n) is 2.36. The molecular weight excluding hydrogens is 346 g/mol. The molecule has 6 heteroatoms. The van der Waals surface area contributed by atoms with Gasteiger partial charge in [-0.2, -0.15) is 0 Å². The molecule has 0 fully saturated rings. The van der Waals surface area contributed by atoms with Crippen LogP contribution in [0.25, 0.3) is 11.1 Å². The highest BCUT2D eigenvalue weighted by Crippen LogP contribution is 2.26. The van der Waals surface area contributed by atoms with Crippen LogP contribution < -0.4 is 10.6 Å². The van der Waals surface area contributed by atoms with Crippen molar-refractivity contribution in [2.45, 2.75) is 6.35 Å². The van der Waals surface area contributed by atoms with Crippen molar-refractivity contribution in [3.05, 3.63) is 83.4 Å². The van der Waals surface area contributed by atoms with E-state index in [9.17, 15) is 13.9 Å². The molecule has 3 rings (SSSR count). The summed E-state index contributed by atoms with van der Waals surface area (Å²) < 4.78 is 26.3. The summed E-state index contributed by atoms with van der Waals surface area (Å²) in [6.45, 7) is 0. The van der Waals surface area contributed by atoms with E-state index in [2.05, 4.69) is 10.6 Å². The van der Waals surface area contributed by atoms with Gasteiger partial charge in [0, 0.05) is 11.8 Å². The van der Waals surface area contributed by atoms with Gasteiger partial charge in [0.25, 0.3) is 0 Å². The quantitative estimate of drug-likeness (QED) is 0.439. The number of rotatable bonds is 5. The molecule has 0 bridgehead atoms. The molecule has 0 saturated heterocycles. The van der Waals surface area contributed by atoms with Gasteiger partial charge in [-0.25, -0.2) is 8.78 Å². The molecule has 3 N–H and O–H groups in total. The average Bonchev–Trinajstić information content (AvgIpc) is 2.61. The van der Waals surface area contributed by atoms with Crippen LogP contribution in [0.5, 0.6) is 0 Å². The van der Waals surface area contributed by atoms with Gasteiger partial charge in [-0.15, -0.1) is 0 Å². The molecule has 0 aliphatic carbocycles. The van der Waals surface area contributed by atoms with Crippen LogP contribution in [0, 0.1) is 11.6 Å². The predicted molar refractivity (Wildman–Crippen MR) is 96.5 cm³/mol. The van der Waals surface area contributed by atoms with Crippen molar-refractivity contribution in [3.8, 4) is 11.1 Å². The Kier molecular flexibility index (Phi) is 5.16. The lowest BCUT2D eigenvalue weighted by atomic mass is 10.1. The Hall–Kier alpha value is -2.63. The lowest BCUT2D eigenvalue weighted by Gasteiger charge is -2.18. The van der Waals surface area contributed by atoms with Crippen LogP contribution in [-0.2, 0) is 0 Å². The molecule has 3 aromatic rings. The highest BCUT2D eigenvalue weighted by atomic mass is 35.5. The lowest BCUT2D eigenvalue weighted by Crippen LogP contribution is -2.28. The molecule has 3 nitrogen and oxygen atoms in total. The Morgan fingerprint density at radius 1 is 0.800 bits per heavy atom. The molecule has 0 heterocycles. The summed E-state index contributed by atoms with van der Waals surface area (Å²) >= 11 is 5.83. The zero-order chi connectivity index (χ0) is 17.8. The van der Waals surface area contributed by atoms with Crippen LogP contribution in [0.1, 0.15) is 0 Å². The summed E-state index contributed by atoms with van der Waals surface area (Å²) in [6.07, 6.45) is -1.23. The zero-order valence-corrected chi connectivity index (χ0v) is 13.8. The molecular formula is C19H15ClF2N2O. The van der Waals surface area contributed by atoms with E-state index in [0.717, 1.165) is 23.3 Å². The minimum atomic E-state index is -1.23. The molecule has 1 unspecified atom stereocenters. The number of anilines is 2. The molecule has 0 aromatic heterocycles. The normalized spacial score (nSPS) is 11.8. The molecule has 25 heavy (non-hydrogen) atoms. The van der Waals surface area contributed by atoms with E-state index in [-0.39, 0.29) is 10.7 Å². The summed E-state index contributed by atoms with van der Waals surface area (Å²) in [5.74, 6) is -2.10. The third kappa shape index (κ3) is 4.26. The van der Waals surface area contributed by atoms with Gasteiger partial charge in [-0.1, -0.05) is 54.1 Å². The van der Waals surface area contributed by atoms with E-state index >= 15 is 0 Å². The highest BCUT2D eigenvalue weighted by molar-refractivity contribution is 6.33. The minimum Gasteiger partial charge on any atom is -0.357 e. The van der Waals surface area contributed by atoms with E-state index in [1.165, 1.54) is 0 Å². The van der Waals surface area contributed by atoms with E-state index in [0.29, 0.717) is 5.69 Å². The van der Waals surface area contributed by atoms with Crippen molar-refractivity contribution in [1.29, 1.82) is 0 Å². The van der Waals surface area contributed by atoms with Crippen LogP contribution in [0.3, 0.4) is 0 Å². The van der Waals surface area contributed by atoms with E-state index in [1.54, 1.807) is 12.1 Å². The van der Waals surface area contributed by atoms with Gasteiger partial charge in [0.1, 0.15) is 0 Å². The molecule has 0 saturated carbocycles.